The lowest BCUT2D eigenvalue weighted by Gasteiger charge is -2.24. The van der Waals surface area contributed by atoms with Gasteiger partial charge < -0.3 is 15.4 Å². The number of nitrogens with one attached hydrogen (secondary N) is 2. The Morgan fingerprint density at radius 3 is 2.80 bits per heavy atom. The van der Waals surface area contributed by atoms with E-state index in [1.807, 2.05) is 0 Å². The Labute approximate surface area is 91.8 Å². The molecule has 2 atom stereocenters. The molecule has 0 aliphatic carbocycles. The maximum Gasteiger partial charge on any atom is 0.250 e. The molecule has 0 aromatic rings. The SMILES string of the molecule is CC(C)C(C)CNC(=O)C1CNCCO1. The van der Waals surface area contributed by atoms with Gasteiger partial charge in [-0.15, -0.1) is 0 Å². The Hall–Kier alpha value is -0.610. The number of rotatable bonds is 4. The number of carbonyl (C=O) groups is 1. The Bertz CT molecular complexity index is 201. The van der Waals surface area contributed by atoms with E-state index in [2.05, 4.69) is 31.4 Å². The summed E-state index contributed by atoms with van der Waals surface area (Å²) in [7, 11) is 0. The number of ether oxygens (including phenoxy) is 1. The lowest BCUT2D eigenvalue weighted by Crippen LogP contribution is -2.48. The van der Waals surface area contributed by atoms with Crippen LogP contribution >= 0.6 is 0 Å². The van der Waals surface area contributed by atoms with Crippen molar-refractivity contribution in [3.8, 4) is 0 Å². The van der Waals surface area contributed by atoms with E-state index in [1.165, 1.54) is 0 Å². The highest BCUT2D eigenvalue weighted by molar-refractivity contribution is 5.81. The van der Waals surface area contributed by atoms with Gasteiger partial charge in [0.25, 0.3) is 0 Å². The van der Waals surface area contributed by atoms with Crippen LogP contribution in [0.1, 0.15) is 20.8 Å². The van der Waals surface area contributed by atoms with Crippen molar-refractivity contribution in [3.05, 3.63) is 0 Å². The van der Waals surface area contributed by atoms with E-state index >= 15 is 0 Å². The van der Waals surface area contributed by atoms with Gasteiger partial charge in [-0.25, -0.2) is 0 Å². The van der Waals surface area contributed by atoms with E-state index in [9.17, 15) is 4.79 Å². The second kappa shape index (κ2) is 6.08. The average molecular weight is 214 g/mol. The summed E-state index contributed by atoms with van der Waals surface area (Å²) < 4.78 is 5.36. The second-order valence-corrected chi connectivity index (χ2v) is 4.53. The largest absolute Gasteiger partial charge is 0.366 e. The van der Waals surface area contributed by atoms with Gasteiger partial charge in [-0.3, -0.25) is 4.79 Å². The minimum atomic E-state index is -0.307. The normalized spacial score (nSPS) is 23.9. The summed E-state index contributed by atoms with van der Waals surface area (Å²) >= 11 is 0. The quantitative estimate of drug-likeness (QED) is 0.711. The topological polar surface area (TPSA) is 50.4 Å². The number of amides is 1. The maximum atomic E-state index is 11.6. The summed E-state index contributed by atoms with van der Waals surface area (Å²) in [5, 5.41) is 6.07. The minimum absolute atomic E-state index is 0.00898. The highest BCUT2D eigenvalue weighted by atomic mass is 16.5. The Kier molecular flexibility index (Phi) is 5.05. The Morgan fingerprint density at radius 2 is 2.27 bits per heavy atom. The first-order valence-electron chi connectivity index (χ1n) is 5.71. The lowest BCUT2D eigenvalue weighted by molar-refractivity contribution is -0.134. The molecule has 1 saturated heterocycles. The van der Waals surface area contributed by atoms with E-state index in [4.69, 9.17) is 4.74 Å². The zero-order valence-electron chi connectivity index (χ0n) is 9.88. The number of morpholine rings is 1. The lowest BCUT2D eigenvalue weighted by atomic mass is 9.98. The highest BCUT2D eigenvalue weighted by Crippen LogP contribution is 2.07. The van der Waals surface area contributed by atoms with Crippen LogP contribution in [-0.2, 0) is 9.53 Å². The van der Waals surface area contributed by atoms with Crippen LogP contribution < -0.4 is 10.6 Å². The van der Waals surface area contributed by atoms with Crippen molar-refractivity contribution in [1.29, 1.82) is 0 Å². The van der Waals surface area contributed by atoms with Crippen LogP contribution in [0, 0.1) is 11.8 Å². The van der Waals surface area contributed by atoms with Gasteiger partial charge >= 0.3 is 0 Å². The van der Waals surface area contributed by atoms with E-state index in [0.29, 0.717) is 25.0 Å². The Morgan fingerprint density at radius 1 is 1.53 bits per heavy atom. The monoisotopic (exact) mass is 214 g/mol. The van der Waals surface area contributed by atoms with Crippen molar-refractivity contribution < 1.29 is 9.53 Å². The zero-order chi connectivity index (χ0) is 11.3. The molecule has 1 heterocycles. The van der Waals surface area contributed by atoms with E-state index in [0.717, 1.165) is 13.1 Å². The summed E-state index contributed by atoms with van der Waals surface area (Å²) in [4.78, 5) is 11.6. The van der Waals surface area contributed by atoms with Crippen LogP contribution in [0.5, 0.6) is 0 Å². The van der Waals surface area contributed by atoms with Crippen molar-refractivity contribution in [1.82, 2.24) is 10.6 Å². The second-order valence-electron chi connectivity index (χ2n) is 4.53. The van der Waals surface area contributed by atoms with Gasteiger partial charge in [-0.1, -0.05) is 20.8 Å². The molecule has 0 aromatic heterocycles. The first kappa shape index (κ1) is 12.5. The molecule has 0 radical (unpaired) electrons. The fraction of sp³-hybridized carbons (Fsp3) is 0.909. The van der Waals surface area contributed by atoms with Crippen molar-refractivity contribution in [2.75, 3.05) is 26.2 Å². The average Bonchev–Trinajstić information content (AvgIpc) is 2.26. The third kappa shape index (κ3) is 4.18. The summed E-state index contributed by atoms with van der Waals surface area (Å²) in [5.41, 5.74) is 0. The molecule has 15 heavy (non-hydrogen) atoms. The predicted octanol–water partition coefficient (Wildman–Crippen LogP) is 0.383. The van der Waals surface area contributed by atoms with Crippen LogP contribution in [0.15, 0.2) is 0 Å². The van der Waals surface area contributed by atoms with Crippen molar-refractivity contribution >= 4 is 5.91 Å². The molecule has 1 aliphatic heterocycles. The number of hydrogen-bond acceptors (Lipinski definition) is 3. The van der Waals surface area contributed by atoms with Crippen LogP contribution in [-0.4, -0.2) is 38.3 Å². The third-order valence-electron chi connectivity index (χ3n) is 2.96. The van der Waals surface area contributed by atoms with Gasteiger partial charge in [0.05, 0.1) is 6.61 Å². The summed E-state index contributed by atoms with van der Waals surface area (Å²) in [5.74, 6) is 1.11. The summed E-state index contributed by atoms with van der Waals surface area (Å²) in [6, 6.07) is 0. The zero-order valence-corrected chi connectivity index (χ0v) is 9.88. The predicted molar refractivity (Wildman–Crippen MR) is 59.6 cm³/mol. The fourth-order valence-corrected chi connectivity index (χ4v) is 1.34. The molecule has 1 fully saturated rings. The van der Waals surface area contributed by atoms with Gasteiger partial charge in [-0.2, -0.15) is 0 Å². The Balaban J connectivity index is 2.22. The van der Waals surface area contributed by atoms with E-state index in [1.54, 1.807) is 0 Å². The van der Waals surface area contributed by atoms with Crippen LogP contribution in [0.3, 0.4) is 0 Å². The minimum Gasteiger partial charge on any atom is -0.366 e. The summed E-state index contributed by atoms with van der Waals surface area (Å²) in [6.45, 7) is 9.29. The van der Waals surface area contributed by atoms with Gasteiger partial charge in [0.2, 0.25) is 5.91 Å². The third-order valence-corrected chi connectivity index (χ3v) is 2.96. The van der Waals surface area contributed by atoms with Gasteiger partial charge in [-0.05, 0) is 11.8 Å². The molecule has 2 unspecified atom stereocenters. The fourth-order valence-electron chi connectivity index (χ4n) is 1.34. The van der Waals surface area contributed by atoms with Gasteiger partial charge in [0.1, 0.15) is 6.10 Å². The standard InChI is InChI=1S/C11H22N2O2/c1-8(2)9(3)6-13-11(14)10-7-12-4-5-15-10/h8-10,12H,4-7H2,1-3H3,(H,13,14). The molecular weight excluding hydrogens is 192 g/mol. The molecule has 0 spiro atoms. The molecule has 1 rings (SSSR count). The number of carbonyl (C=O) groups excluding carboxylic acids is 1. The van der Waals surface area contributed by atoms with Gasteiger partial charge in [0, 0.05) is 19.6 Å². The van der Waals surface area contributed by atoms with E-state index in [-0.39, 0.29) is 12.0 Å². The summed E-state index contributed by atoms with van der Waals surface area (Å²) in [6.07, 6.45) is -0.307. The molecule has 2 N–H and O–H groups in total. The molecule has 88 valence electrons. The van der Waals surface area contributed by atoms with Crippen LogP contribution in [0.25, 0.3) is 0 Å². The highest BCUT2D eigenvalue weighted by Gasteiger charge is 2.21. The smallest absolute Gasteiger partial charge is 0.250 e. The molecule has 4 heteroatoms. The van der Waals surface area contributed by atoms with Crippen molar-refractivity contribution in [2.45, 2.75) is 26.9 Å². The maximum absolute atomic E-state index is 11.6. The molecule has 0 saturated carbocycles. The first-order chi connectivity index (χ1) is 7.11. The van der Waals surface area contributed by atoms with Crippen LogP contribution in [0.2, 0.25) is 0 Å². The molecular formula is C11H22N2O2. The molecule has 4 nitrogen and oxygen atoms in total. The van der Waals surface area contributed by atoms with Crippen molar-refractivity contribution in [2.24, 2.45) is 11.8 Å². The van der Waals surface area contributed by atoms with E-state index < -0.39 is 0 Å². The molecule has 0 aromatic carbocycles. The first-order valence-corrected chi connectivity index (χ1v) is 5.71. The van der Waals surface area contributed by atoms with Crippen LogP contribution in [0.4, 0.5) is 0 Å². The van der Waals surface area contributed by atoms with Gasteiger partial charge in [0.15, 0.2) is 0 Å². The molecule has 0 bridgehead atoms. The number of hydrogen-bond donors (Lipinski definition) is 2. The van der Waals surface area contributed by atoms with Crippen molar-refractivity contribution in [3.63, 3.8) is 0 Å². The molecule has 1 aliphatic rings. The molecule has 1 amide bonds.